The predicted octanol–water partition coefficient (Wildman–Crippen LogP) is 2.39. The number of hydrogen-bond acceptors (Lipinski definition) is 2. The Kier molecular flexibility index (Phi) is 4.27. The zero-order valence-corrected chi connectivity index (χ0v) is 12.3. The molecule has 3 unspecified atom stereocenters. The third-order valence-corrected chi connectivity index (χ3v) is 4.91. The molecule has 1 saturated heterocycles. The zero-order valence-electron chi connectivity index (χ0n) is 11.6. The van der Waals surface area contributed by atoms with Crippen molar-refractivity contribution in [1.82, 2.24) is 10.6 Å². The summed E-state index contributed by atoms with van der Waals surface area (Å²) in [7, 11) is 0. The van der Waals surface area contributed by atoms with Crippen LogP contribution < -0.4 is 10.6 Å². The molecule has 0 spiro atoms. The minimum Gasteiger partial charge on any atom is -0.354 e. The van der Waals surface area contributed by atoms with Crippen molar-refractivity contribution in [3.05, 3.63) is 34.9 Å². The van der Waals surface area contributed by atoms with Crippen LogP contribution in [0.4, 0.5) is 0 Å². The highest BCUT2D eigenvalue weighted by molar-refractivity contribution is 6.30. The number of carbonyl (C=O) groups is 1. The second-order valence-corrected chi connectivity index (χ2v) is 6.34. The molecule has 1 amide bonds. The molecular weight excluding hydrogens is 272 g/mol. The van der Waals surface area contributed by atoms with Crippen LogP contribution in [0, 0.1) is 11.8 Å². The Morgan fingerprint density at radius 2 is 2.10 bits per heavy atom. The zero-order chi connectivity index (χ0) is 13.9. The van der Waals surface area contributed by atoms with E-state index in [-0.39, 0.29) is 11.9 Å². The first-order valence-electron chi connectivity index (χ1n) is 7.49. The second kappa shape index (κ2) is 6.15. The van der Waals surface area contributed by atoms with E-state index in [0.717, 1.165) is 23.9 Å². The number of benzene rings is 1. The van der Waals surface area contributed by atoms with Crippen LogP contribution in [0.15, 0.2) is 24.3 Å². The first-order valence-corrected chi connectivity index (χ1v) is 7.87. The summed E-state index contributed by atoms with van der Waals surface area (Å²) in [6.07, 6.45) is 4.62. The van der Waals surface area contributed by atoms with E-state index in [1.807, 2.05) is 24.3 Å². The average molecular weight is 293 g/mol. The largest absolute Gasteiger partial charge is 0.354 e. The van der Waals surface area contributed by atoms with E-state index < -0.39 is 0 Å². The maximum atomic E-state index is 12.2. The number of carbonyl (C=O) groups excluding carboxylic acids is 1. The normalized spacial score (nSPS) is 28.4. The molecule has 3 atom stereocenters. The predicted molar refractivity (Wildman–Crippen MR) is 80.8 cm³/mol. The minimum absolute atomic E-state index is 0.0349. The molecule has 3 nitrogen and oxygen atoms in total. The molecular formula is C16H21ClN2O. The van der Waals surface area contributed by atoms with Crippen molar-refractivity contribution in [1.29, 1.82) is 0 Å². The lowest BCUT2D eigenvalue weighted by molar-refractivity contribution is -0.123. The van der Waals surface area contributed by atoms with E-state index in [4.69, 9.17) is 11.6 Å². The van der Waals surface area contributed by atoms with E-state index in [0.29, 0.717) is 12.5 Å². The molecule has 1 heterocycles. The summed E-state index contributed by atoms with van der Waals surface area (Å²) in [5, 5.41) is 7.20. The molecule has 1 aliphatic carbocycles. The standard InChI is InChI=1S/C16H21ClN2O/c17-13-6-4-11(5-7-13)8-9-18-16(20)15-14-3-1-2-12(14)10-19-15/h4-7,12,14-15,19H,1-3,8-10H2,(H,18,20). The molecule has 0 aromatic heterocycles. The molecule has 0 radical (unpaired) electrons. The molecule has 2 N–H and O–H groups in total. The van der Waals surface area contributed by atoms with Gasteiger partial charge in [0.1, 0.15) is 0 Å². The maximum absolute atomic E-state index is 12.2. The number of amides is 1. The second-order valence-electron chi connectivity index (χ2n) is 5.91. The SMILES string of the molecule is O=C(NCCc1ccc(Cl)cc1)C1NCC2CCCC21. The van der Waals surface area contributed by atoms with E-state index >= 15 is 0 Å². The Bertz CT molecular complexity index is 474. The van der Waals surface area contributed by atoms with Gasteiger partial charge in [-0.1, -0.05) is 30.2 Å². The number of fused-ring (bicyclic) bond motifs is 1. The smallest absolute Gasteiger partial charge is 0.237 e. The fourth-order valence-corrected chi connectivity index (χ4v) is 3.69. The van der Waals surface area contributed by atoms with Crippen LogP contribution in [0.3, 0.4) is 0 Å². The summed E-state index contributed by atoms with van der Waals surface area (Å²) in [6, 6.07) is 7.83. The van der Waals surface area contributed by atoms with Crippen molar-refractivity contribution in [2.45, 2.75) is 31.7 Å². The van der Waals surface area contributed by atoms with Gasteiger partial charge in [-0.05, 0) is 55.3 Å². The highest BCUT2D eigenvalue weighted by atomic mass is 35.5. The summed E-state index contributed by atoms with van der Waals surface area (Å²) < 4.78 is 0. The first kappa shape index (κ1) is 13.9. The van der Waals surface area contributed by atoms with Gasteiger partial charge >= 0.3 is 0 Å². The highest BCUT2D eigenvalue weighted by Gasteiger charge is 2.42. The van der Waals surface area contributed by atoms with E-state index in [9.17, 15) is 4.79 Å². The third kappa shape index (κ3) is 2.99. The van der Waals surface area contributed by atoms with Crippen molar-refractivity contribution in [2.75, 3.05) is 13.1 Å². The lowest BCUT2D eigenvalue weighted by Gasteiger charge is -2.17. The molecule has 2 fully saturated rings. The van der Waals surface area contributed by atoms with Crippen LogP contribution in [-0.4, -0.2) is 25.0 Å². The fourth-order valence-electron chi connectivity index (χ4n) is 3.57. The van der Waals surface area contributed by atoms with Crippen LogP contribution >= 0.6 is 11.6 Å². The topological polar surface area (TPSA) is 41.1 Å². The van der Waals surface area contributed by atoms with Gasteiger partial charge in [-0.2, -0.15) is 0 Å². The van der Waals surface area contributed by atoms with Gasteiger partial charge in [-0.15, -0.1) is 0 Å². The van der Waals surface area contributed by atoms with Gasteiger partial charge < -0.3 is 10.6 Å². The van der Waals surface area contributed by atoms with Crippen LogP contribution in [-0.2, 0) is 11.2 Å². The maximum Gasteiger partial charge on any atom is 0.237 e. The van der Waals surface area contributed by atoms with E-state index in [1.165, 1.54) is 24.8 Å². The van der Waals surface area contributed by atoms with Crippen molar-refractivity contribution in [3.8, 4) is 0 Å². The van der Waals surface area contributed by atoms with Crippen LogP contribution in [0.2, 0.25) is 5.02 Å². The van der Waals surface area contributed by atoms with Crippen LogP contribution in [0.25, 0.3) is 0 Å². The molecule has 1 aliphatic heterocycles. The van der Waals surface area contributed by atoms with Crippen LogP contribution in [0.5, 0.6) is 0 Å². The Labute approximate surface area is 125 Å². The number of halogens is 1. The number of rotatable bonds is 4. The highest BCUT2D eigenvalue weighted by Crippen LogP contribution is 2.37. The monoisotopic (exact) mass is 292 g/mol. The van der Waals surface area contributed by atoms with Gasteiger partial charge in [0.05, 0.1) is 6.04 Å². The average Bonchev–Trinajstić information content (AvgIpc) is 3.03. The molecule has 1 saturated carbocycles. The van der Waals surface area contributed by atoms with E-state index in [1.54, 1.807) is 0 Å². The molecule has 3 rings (SSSR count). The molecule has 108 valence electrons. The molecule has 4 heteroatoms. The quantitative estimate of drug-likeness (QED) is 0.895. The van der Waals surface area contributed by atoms with Crippen molar-refractivity contribution >= 4 is 17.5 Å². The minimum atomic E-state index is 0.0349. The van der Waals surface area contributed by atoms with Gasteiger partial charge in [-0.25, -0.2) is 0 Å². The van der Waals surface area contributed by atoms with Gasteiger partial charge in [0, 0.05) is 11.6 Å². The number of hydrogen-bond donors (Lipinski definition) is 2. The summed E-state index contributed by atoms with van der Waals surface area (Å²) >= 11 is 5.86. The Hall–Kier alpha value is -1.06. The molecule has 1 aromatic carbocycles. The van der Waals surface area contributed by atoms with Crippen molar-refractivity contribution in [2.24, 2.45) is 11.8 Å². The summed E-state index contributed by atoms with van der Waals surface area (Å²) in [5.74, 6) is 1.46. The Morgan fingerprint density at radius 3 is 2.90 bits per heavy atom. The summed E-state index contributed by atoms with van der Waals surface area (Å²) in [6.45, 7) is 1.70. The van der Waals surface area contributed by atoms with Gasteiger partial charge in [0.15, 0.2) is 0 Å². The Balaban J connectivity index is 1.46. The van der Waals surface area contributed by atoms with Gasteiger partial charge in [-0.3, -0.25) is 4.79 Å². The van der Waals surface area contributed by atoms with Gasteiger partial charge in [0.2, 0.25) is 5.91 Å². The first-order chi connectivity index (χ1) is 9.74. The Morgan fingerprint density at radius 1 is 1.30 bits per heavy atom. The van der Waals surface area contributed by atoms with Gasteiger partial charge in [0.25, 0.3) is 0 Å². The molecule has 20 heavy (non-hydrogen) atoms. The van der Waals surface area contributed by atoms with Crippen LogP contribution in [0.1, 0.15) is 24.8 Å². The summed E-state index contributed by atoms with van der Waals surface area (Å²) in [4.78, 5) is 12.2. The molecule has 0 bridgehead atoms. The molecule has 1 aromatic rings. The lowest BCUT2D eigenvalue weighted by atomic mass is 9.93. The van der Waals surface area contributed by atoms with Crippen molar-refractivity contribution < 1.29 is 4.79 Å². The lowest BCUT2D eigenvalue weighted by Crippen LogP contribution is -2.44. The molecule has 2 aliphatic rings. The fraction of sp³-hybridized carbons (Fsp3) is 0.562. The summed E-state index contributed by atoms with van der Waals surface area (Å²) in [5.41, 5.74) is 1.20. The number of nitrogens with one attached hydrogen (secondary N) is 2. The third-order valence-electron chi connectivity index (χ3n) is 4.65. The van der Waals surface area contributed by atoms with E-state index in [2.05, 4.69) is 10.6 Å². The van der Waals surface area contributed by atoms with Crippen molar-refractivity contribution in [3.63, 3.8) is 0 Å².